The number of rotatable bonds is 4. The van der Waals surface area contributed by atoms with Crippen molar-refractivity contribution >= 4 is 5.57 Å². The number of ether oxygens (including phenoxy) is 1. The molecule has 1 aliphatic heterocycles. The fourth-order valence-corrected chi connectivity index (χ4v) is 2.49. The van der Waals surface area contributed by atoms with Gasteiger partial charge in [0.1, 0.15) is 5.75 Å². The summed E-state index contributed by atoms with van der Waals surface area (Å²) < 4.78 is 7.25. The van der Waals surface area contributed by atoms with Gasteiger partial charge in [0, 0.05) is 12.7 Å². The van der Waals surface area contributed by atoms with Crippen LogP contribution in [0.5, 0.6) is 5.75 Å². The molecular weight excluding hydrogens is 250 g/mol. The van der Waals surface area contributed by atoms with Gasteiger partial charge in [0.25, 0.3) is 0 Å². The lowest BCUT2D eigenvalue weighted by molar-refractivity contribution is 0.414. The van der Waals surface area contributed by atoms with Crippen molar-refractivity contribution in [3.05, 3.63) is 53.9 Å². The number of methoxy groups -OCH3 is 1. The molecule has 20 heavy (non-hydrogen) atoms. The predicted octanol–water partition coefficient (Wildman–Crippen LogP) is 2.32. The topological polar surface area (TPSA) is 39.1 Å². The van der Waals surface area contributed by atoms with Crippen molar-refractivity contribution in [1.29, 1.82) is 0 Å². The van der Waals surface area contributed by atoms with Gasteiger partial charge in [-0.15, -0.1) is 0 Å². The van der Waals surface area contributed by atoms with Crippen molar-refractivity contribution in [3.63, 3.8) is 0 Å². The summed E-state index contributed by atoms with van der Waals surface area (Å²) in [6, 6.07) is 10.2. The Balaban J connectivity index is 1.80. The van der Waals surface area contributed by atoms with Crippen LogP contribution in [0.4, 0.5) is 0 Å². The fourth-order valence-electron chi connectivity index (χ4n) is 2.49. The normalized spacial score (nSPS) is 14.9. The summed E-state index contributed by atoms with van der Waals surface area (Å²) in [5.41, 5.74) is 3.84. The monoisotopic (exact) mass is 269 g/mol. The first-order valence-electron chi connectivity index (χ1n) is 6.91. The number of aromatic nitrogens is 2. The Labute approximate surface area is 119 Å². The molecule has 0 amide bonds. The van der Waals surface area contributed by atoms with E-state index in [1.807, 2.05) is 18.3 Å². The van der Waals surface area contributed by atoms with Gasteiger partial charge < -0.3 is 10.1 Å². The summed E-state index contributed by atoms with van der Waals surface area (Å²) in [7, 11) is 1.68. The first-order chi connectivity index (χ1) is 9.86. The molecule has 1 aromatic carbocycles. The van der Waals surface area contributed by atoms with E-state index in [0.717, 1.165) is 31.8 Å². The minimum Gasteiger partial charge on any atom is -0.497 e. The number of nitrogens with one attached hydrogen (secondary N) is 1. The average molecular weight is 269 g/mol. The Bertz CT molecular complexity index is 598. The van der Waals surface area contributed by atoms with Crippen molar-refractivity contribution in [3.8, 4) is 5.75 Å². The molecule has 2 aromatic rings. The van der Waals surface area contributed by atoms with E-state index in [4.69, 9.17) is 4.74 Å². The highest BCUT2D eigenvalue weighted by Gasteiger charge is 2.11. The first kappa shape index (κ1) is 12.9. The van der Waals surface area contributed by atoms with Gasteiger partial charge >= 0.3 is 0 Å². The van der Waals surface area contributed by atoms with E-state index < -0.39 is 0 Å². The smallest absolute Gasteiger partial charge is 0.118 e. The molecular formula is C16H19N3O. The Kier molecular flexibility index (Phi) is 3.83. The van der Waals surface area contributed by atoms with Crippen molar-refractivity contribution in [2.45, 2.75) is 13.0 Å². The molecule has 1 N–H and O–H groups in total. The van der Waals surface area contributed by atoms with Crippen LogP contribution in [0, 0.1) is 0 Å². The molecule has 0 saturated carbocycles. The Morgan fingerprint density at radius 3 is 2.80 bits per heavy atom. The second-order valence-electron chi connectivity index (χ2n) is 4.91. The molecule has 1 aromatic heterocycles. The molecule has 0 radical (unpaired) electrons. The van der Waals surface area contributed by atoms with Crippen LogP contribution in [-0.2, 0) is 6.54 Å². The lowest BCUT2D eigenvalue weighted by atomic mass is 10.1. The Hall–Kier alpha value is -2.07. The van der Waals surface area contributed by atoms with Crippen molar-refractivity contribution in [2.75, 3.05) is 20.2 Å². The molecule has 4 heteroatoms. The summed E-state index contributed by atoms with van der Waals surface area (Å²) >= 11 is 0. The van der Waals surface area contributed by atoms with Crippen LogP contribution in [0.15, 0.2) is 42.6 Å². The van der Waals surface area contributed by atoms with Crippen LogP contribution in [0.3, 0.4) is 0 Å². The molecule has 1 aliphatic rings. The van der Waals surface area contributed by atoms with Gasteiger partial charge in [-0.3, -0.25) is 4.68 Å². The SMILES string of the molecule is COc1ccc(Cn2nccc2C2=CCNCC2)cc1. The molecule has 0 unspecified atom stereocenters. The molecule has 0 fully saturated rings. The van der Waals surface area contributed by atoms with E-state index >= 15 is 0 Å². The largest absolute Gasteiger partial charge is 0.497 e. The third kappa shape index (κ3) is 2.75. The van der Waals surface area contributed by atoms with E-state index in [0.29, 0.717) is 0 Å². The van der Waals surface area contributed by atoms with Gasteiger partial charge in [-0.25, -0.2) is 0 Å². The van der Waals surface area contributed by atoms with Crippen LogP contribution in [0.25, 0.3) is 5.57 Å². The van der Waals surface area contributed by atoms with E-state index in [9.17, 15) is 0 Å². The number of hydrogen-bond donors (Lipinski definition) is 1. The lowest BCUT2D eigenvalue weighted by Gasteiger charge is -2.15. The molecule has 0 bridgehead atoms. The highest BCUT2D eigenvalue weighted by molar-refractivity contribution is 5.63. The highest BCUT2D eigenvalue weighted by Crippen LogP contribution is 2.20. The Morgan fingerprint density at radius 2 is 2.10 bits per heavy atom. The van der Waals surface area contributed by atoms with Gasteiger partial charge in [-0.2, -0.15) is 5.10 Å². The second kappa shape index (κ2) is 5.92. The molecule has 4 nitrogen and oxygen atoms in total. The maximum Gasteiger partial charge on any atom is 0.118 e. The lowest BCUT2D eigenvalue weighted by Crippen LogP contribution is -2.21. The van der Waals surface area contributed by atoms with Crippen molar-refractivity contribution in [1.82, 2.24) is 15.1 Å². The quantitative estimate of drug-likeness (QED) is 0.926. The van der Waals surface area contributed by atoms with Crippen LogP contribution in [0.1, 0.15) is 17.7 Å². The number of benzene rings is 1. The van der Waals surface area contributed by atoms with E-state index in [-0.39, 0.29) is 0 Å². The van der Waals surface area contributed by atoms with Crippen LogP contribution < -0.4 is 10.1 Å². The molecule has 0 aliphatic carbocycles. The summed E-state index contributed by atoms with van der Waals surface area (Å²) in [4.78, 5) is 0. The molecule has 2 heterocycles. The molecule has 0 saturated heterocycles. The fraction of sp³-hybridized carbons (Fsp3) is 0.312. The van der Waals surface area contributed by atoms with Crippen LogP contribution >= 0.6 is 0 Å². The van der Waals surface area contributed by atoms with E-state index in [2.05, 4.69) is 39.4 Å². The van der Waals surface area contributed by atoms with Crippen molar-refractivity contribution < 1.29 is 4.74 Å². The average Bonchev–Trinajstić information content (AvgIpc) is 2.97. The summed E-state index contributed by atoms with van der Waals surface area (Å²) in [6.45, 7) is 2.78. The van der Waals surface area contributed by atoms with Gasteiger partial charge in [0.15, 0.2) is 0 Å². The summed E-state index contributed by atoms with van der Waals surface area (Å²) in [6.07, 6.45) is 5.20. The van der Waals surface area contributed by atoms with Gasteiger partial charge in [-0.1, -0.05) is 18.2 Å². The standard InChI is InChI=1S/C16H19N3O/c1-20-15-4-2-13(3-5-15)12-19-16(8-11-18-19)14-6-9-17-10-7-14/h2-6,8,11,17H,7,9-10,12H2,1H3. The minimum absolute atomic E-state index is 0.789. The van der Waals surface area contributed by atoms with Gasteiger partial charge in [0.2, 0.25) is 0 Å². The maximum atomic E-state index is 5.18. The predicted molar refractivity (Wildman–Crippen MR) is 79.8 cm³/mol. The number of nitrogens with zero attached hydrogens (tertiary/aromatic N) is 2. The zero-order chi connectivity index (χ0) is 13.8. The zero-order valence-corrected chi connectivity index (χ0v) is 11.7. The van der Waals surface area contributed by atoms with E-state index in [1.54, 1.807) is 7.11 Å². The third-order valence-corrected chi connectivity index (χ3v) is 3.60. The van der Waals surface area contributed by atoms with Gasteiger partial charge in [-0.05, 0) is 42.3 Å². The molecule has 0 atom stereocenters. The third-order valence-electron chi connectivity index (χ3n) is 3.60. The summed E-state index contributed by atoms with van der Waals surface area (Å²) in [5, 5.41) is 7.79. The molecule has 3 rings (SSSR count). The maximum absolute atomic E-state index is 5.18. The highest BCUT2D eigenvalue weighted by atomic mass is 16.5. The first-order valence-corrected chi connectivity index (χ1v) is 6.91. The molecule has 104 valence electrons. The van der Waals surface area contributed by atoms with E-state index in [1.165, 1.54) is 16.8 Å². The second-order valence-corrected chi connectivity index (χ2v) is 4.91. The van der Waals surface area contributed by atoms with Crippen molar-refractivity contribution in [2.24, 2.45) is 0 Å². The zero-order valence-electron chi connectivity index (χ0n) is 11.7. The molecule has 0 spiro atoms. The Morgan fingerprint density at radius 1 is 1.25 bits per heavy atom. The van der Waals surface area contributed by atoms with Crippen LogP contribution in [-0.4, -0.2) is 30.0 Å². The van der Waals surface area contributed by atoms with Gasteiger partial charge in [0.05, 0.1) is 19.3 Å². The number of hydrogen-bond acceptors (Lipinski definition) is 3. The summed E-state index contributed by atoms with van der Waals surface area (Å²) in [5.74, 6) is 0.885. The minimum atomic E-state index is 0.789. The van der Waals surface area contributed by atoms with Crippen LogP contribution in [0.2, 0.25) is 0 Å².